The van der Waals surface area contributed by atoms with Gasteiger partial charge in [0.2, 0.25) is 35.4 Å². The molecular weight excluding hydrogens is 982 g/mol. The Kier molecular flexibility index (Phi) is 17.0. The van der Waals surface area contributed by atoms with E-state index in [9.17, 15) is 53.1 Å². The third-order valence-corrected chi connectivity index (χ3v) is 15.1. The summed E-state index contributed by atoms with van der Waals surface area (Å²) < 4.78 is 22.1. The summed E-state index contributed by atoms with van der Waals surface area (Å²) in [7, 11) is 0. The quantitative estimate of drug-likeness (QED) is 0.0333. The summed E-state index contributed by atoms with van der Waals surface area (Å²) in [5.74, 6) is -4.76. The van der Waals surface area contributed by atoms with Crippen LogP contribution < -0.4 is 26.8 Å². The molecule has 8 rings (SSSR count). The van der Waals surface area contributed by atoms with Crippen molar-refractivity contribution in [1.29, 1.82) is 0 Å². The molecule has 5 N–H and O–H groups in total. The van der Waals surface area contributed by atoms with Crippen molar-refractivity contribution >= 4 is 63.9 Å². The van der Waals surface area contributed by atoms with Gasteiger partial charge < -0.3 is 35.7 Å². The lowest BCUT2D eigenvalue weighted by Gasteiger charge is -2.31. The van der Waals surface area contributed by atoms with Gasteiger partial charge in [-0.15, -0.1) is 0 Å². The monoisotopic (exact) mass is 1050 g/mol. The summed E-state index contributed by atoms with van der Waals surface area (Å²) in [6, 6.07) is 10.1. The number of aromatic nitrogens is 2. The van der Waals surface area contributed by atoms with Gasteiger partial charge in [0.1, 0.15) is 12.4 Å². The van der Waals surface area contributed by atoms with E-state index in [1.54, 1.807) is 50.2 Å². The Balaban J connectivity index is 0.825. The van der Waals surface area contributed by atoms with Gasteiger partial charge in [0.05, 0.1) is 54.2 Å². The molecule has 4 atom stereocenters. The third-order valence-electron chi connectivity index (χ3n) is 15.1. The number of amides is 6. The van der Waals surface area contributed by atoms with Crippen LogP contribution in [-0.4, -0.2) is 98.2 Å². The molecule has 3 aliphatic heterocycles. The zero-order valence-electron chi connectivity index (χ0n) is 43.1. The molecule has 20 heteroatoms. The number of cyclic esters (lactones) is 1. The van der Waals surface area contributed by atoms with Gasteiger partial charge in [-0.25, -0.2) is 14.2 Å². The minimum absolute atomic E-state index is 0.0451. The highest BCUT2D eigenvalue weighted by molar-refractivity contribution is 6.03. The Morgan fingerprint density at radius 3 is 2.36 bits per heavy atom. The van der Waals surface area contributed by atoms with E-state index in [0.717, 1.165) is 17.5 Å². The largest absolute Gasteiger partial charge is 0.458 e. The summed E-state index contributed by atoms with van der Waals surface area (Å²) in [4.78, 5) is 136. The number of ketones is 2. The predicted molar refractivity (Wildman–Crippen MR) is 273 cm³/mol. The van der Waals surface area contributed by atoms with E-state index in [4.69, 9.17) is 9.72 Å². The van der Waals surface area contributed by atoms with Crippen molar-refractivity contribution in [2.24, 2.45) is 5.92 Å². The Labute approximate surface area is 438 Å². The zero-order chi connectivity index (χ0) is 54.4. The first-order chi connectivity index (χ1) is 36.4. The van der Waals surface area contributed by atoms with Crippen LogP contribution in [-0.2, 0) is 79.5 Å². The van der Waals surface area contributed by atoms with E-state index in [2.05, 4.69) is 21.3 Å². The normalized spacial score (nSPS) is 18.6. The number of halogens is 1. The zero-order valence-corrected chi connectivity index (χ0v) is 43.1. The van der Waals surface area contributed by atoms with Gasteiger partial charge in [0.25, 0.3) is 5.56 Å². The highest BCUT2D eigenvalue weighted by Crippen LogP contribution is 2.46. The van der Waals surface area contributed by atoms with Crippen molar-refractivity contribution in [3.8, 4) is 11.4 Å². The lowest BCUT2D eigenvalue weighted by molar-refractivity contribution is -0.172. The summed E-state index contributed by atoms with van der Waals surface area (Å²) >= 11 is 0. The number of imide groups is 1. The second-order valence-electron chi connectivity index (χ2n) is 20.2. The summed E-state index contributed by atoms with van der Waals surface area (Å²) in [6.07, 6.45) is 3.39. The predicted octanol–water partition coefficient (Wildman–Crippen LogP) is 4.02. The van der Waals surface area contributed by atoms with Gasteiger partial charge in [-0.3, -0.25) is 48.1 Å². The second-order valence-corrected chi connectivity index (χ2v) is 20.2. The number of hydrogen-bond donors (Lipinski definition) is 5. The molecule has 1 saturated heterocycles. The number of nitrogens with zero attached hydrogens (tertiary/aromatic N) is 3. The first-order valence-electron chi connectivity index (χ1n) is 26.3. The van der Waals surface area contributed by atoms with E-state index in [0.29, 0.717) is 84.1 Å². The van der Waals surface area contributed by atoms with Gasteiger partial charge in [-0.05, 0) is 80.2 Å². The molecule has 2 unspecified atom stereocenters. The maximum absolute atomic E-state index is 15.4. The van der Waals surface area contributed by atoms with Crippen LogP contribution in [0.1, 0.15) is 142 Å². The van der Waals surface area contributed by atoms with Crippen LogP contribution >= 0.6 is 0 Å². The van der Waals surface area contributed by atoms with Crippen LogP contribution in [0.25, 0.3) is 22.3 Å². The molecule has 4 aromatic rings. The SMILES string of the molecule is CCCC1CC(=O)N(CCCCCC(=O)NCC(=O)CCC(=O)NC(Cc2ccccc2)C(=O)CCC(=O)NCC(=O)N[C@H]2CCc3c(C)c(F)cc4nc5c(c2c34)Cn2c-5cc3c(c2=O)COC(=O)[C@]3(O)CC)C1=O. The number of aliphatic hydroxyl groups is 1. The van der Waals surface area contributed by atoms with E-state index < -0.39 is 65.1 Å². The Hall–Kier alpha value is -7.48. The van der Waals surface area contributed by atoms with E-state index >= 15 is 4.39 Å². The van der Waals surface area contributed by atoms with Crippen molar-refractivity contribution in [2.45, 2.75) is 148 Å². The molecule has 0 spiro atoms. The van der Waals surface area contributed by atoms with Crippen molar-refractivity contribution < 1.29 is 57.4 Å². The summed E-state index contributed by atoms with van der Waals surface area (Å²) in [5, 5.41) is 22.9. The molecule has 2 aromatic heterocycles. The molecular formula is C56H64FN7O12. The van der Waals surface area contributed by atoms with Gasteiger partial charge in [0, 0.05) is 73.6 Å². The highest BCUT2D eigenvalue weighted by Gasteiger charge is 2.46. The highest BCUT2D eigenvalue weighted by atomic mass is 19.1. The number of aryl methyl sites for hydroxylation is 1. The first-order valence-corrected chi connectivity index (χ1v) is 26.3. The Morgan fingerprint density at radius 1 is 0.868 bits per heavy atom. The minimum Gasteiger partial charge on any atom is -0.458 e. The average molecular weight is 1050 g/mol. The number of rotatable bonds is 24. The Morgan fingerprint density at radius 2 is 1.61 bits per heavy atom. The molecule has 2 aromatic carbocycles. The van der Waals surface area contributed by atoms with Crippen LogP contribution in [0, 0.1) is 18.7 Å². The number of esters is 1. The molecule has 76 heavy (non-hydrogen) atoms. The van der Waals surface area contributed by atoms with Gasteiger partial charge >= 0.3 is 5.97 Å². The van der Waals surface area contributed by atoms with Gasteiger partial charge in [-0.2, -0.15) is 0 Å². The minimum atomic E-state index is -2.06. The number of ether oxygens (including phenoxy) is 1. The van der Waals surface area contributed by atoms with Crippen LogP contribution in [0.4, 0.5) is 4.39 Å². The van der Waals surface area contributed by atoms with Crippen molar-refractivity contribution in [3.63, 3.8) is 0 Å². The van der Waals surface area contributed by atoms with E-state index in [-0.39, 0.29) is 112 Å². The number of carbonyl (C=O) groups excluding carboxylic acids is 9. The summed E-state index contributed by atoms with van der Waals surface area (Å²) in [5.41, 5.74) is 1.86. The van der Waals surface area contributed by atoms with Crippen LogP contribution in [0.2, 0.25) is 0 Å². The molecule has 1 aliphatic carbocycles. The number of nitrogens with one attached hydrogen (secondary N) is 4. The smallest absolute Gasteiger partial charge is 0.343 e. The number of benzene rings is 2. The topological polar surface area (TPSA) is 269 Å². The van der Waals surface area contributed by atoms with Crippen LogP contribution in [0.3, 0.4) is 0 Å². The average Bonchev–Trinajstić information content (AvgIpc) is 4.08. The lowest BCUT2D eigenvalue weighted by Crippen LogP contribution is -2.44. The lowest BCUT2D eigenvalue weighted by atomic mass is 9.81. The van der Waals surface area contributed by atoms with Crippen LogP contribution in [0.5, 0.6) is 0 Å². The Bertz CT molecular complexity index is 3080. The van der Waals surface area contributed by atoms with Gasteiger partial charge in [0.15, 0.2) is 17.2 Å². The van der Waals surface area contributed by atoms with Gasteiger partial charge in [-0.1, -0.05) is 57.0 Å². The fourth-order valence-electron chi connectivity index (χ4n) is 10.9. The first kappa shape index (κ1) is 54.8. The number of fused-ring (bicyclic) bond motifs is 5. The van der Waals surface area contributed by atoms with Crippen molar-refractivity contribution in [2.75, 3.05) is 19.6 Å². The maximum atomic E-state index is 15.4. The molecule has 19 nitrogen and oxygen atoms in total. The number of carbonyl (C=O) groups is 9. The molecule has 6 amide bonds. The molecule has 0 bridgehead atoms. The van der Waals surface area contributed by atoms with E-state index in [1.165, 1.54) is 15.5 Å². The third kappa shape index (κ3) is 11.7. The van der Waals surface area contributed by atoms with Crippen molar-refractivity contribution in [1.82, 2.24) is 35.7 Å². The molecule has 1 fully saturated rings. The number of hydrogen-bond acceptors (Lipinski definition) is 13. The summed E-state index contributed by atoms with van der Waals surface area (Å²) in [6.45, 7) is 4.56. The van der Waals surface area contributed by atoms with Crippen LogP contribution in [0.15, 0.2) is 47.3 Å². The molecule has 0 radical (unpaired) electrons. The number of unbranched alkanes of at least 4 members (excludes halogenated alkanes) is 2. The van der Waals surface area contributed by atoms with Crippen molar-refractivity contribution in [3.05, 3.63) is 97.6 Å². The molecule has 402 valence electrons. The number of Topliss-reactive ketones (excluding diaryl/α,β-unsaturated/α-hetero) is 2. The number of pyridine rings is 2. The fraction of sp³-hybridized carbons (Fsp3) is 0.482. The fourth-order valence-corrected chi connectivity index (χ4v) is 10.9. The second kappa shape index (κ2) is 23.6. The number of likely N-dealkylation sites (tertiary alicyclic amines) is 1. The standard InChI is InChI=1S/C56H64FN7O12/c1-4-12-33-24-49(71)63(53(33)72)22-11-7-10-15-45(67)58-27-34(65)16-20-47(69)61-41(23-32-13-8-6-9-14-32)44(66)19-21-46(68)59-28-48(70)60-40-18-17-35-31(3)39(57)26-42-50(35)51(40)36-29-64-43(52(36)62-42)25-38-37(54(64)73)30-76-55(74)56(38,75)5-2/h6,8-9,13-14,25-26,33,40-41,75H,4-5,7,10-12,15-24,27-30H2,1-3H3,(H,58,67)(H,59,68)(H,60,70)(H,61,69)/t33?,40-,41?,56-/m0/s1. The molecule has 4 aliphatic rings. The molecule has 5 heterocycles. The van der Waals surface area contributed by atoms with E-state index in [1.807, 2.05) is 6.92 Å². The molecule has 0 saturated carbocycles. The maximum Gasteiger partial charge on any atom is 0.343 e.